The summed E-state index contributed by atoms with van der Waals surface area (Å²) in [6, 6.07) is 17.3. The largest absolute Gasteiger partial charge is 0.0911 e. The number of aryl methyl sites for hydroxylation is 2. The lowest BCUT2D eigenvalue weighted by molar-refractivity contribution is 1.44. The van der Waals surface area contributed by atoms with Crippen molar-refractivity contribution in [3.8, 4) is 0 Å². The lowest BCUT2D eigenvalue weighted by atomic mass is 9.94. The van der Waals surface area contributed by atoms with Gasteiger partial charge in [-0.25, -0.2) is 0 Å². The molecule has 0 saturated heterocycles. The maximum absolute atomic E-state index is 4.18. The molecule has 0 N–H and O–H groups in total. The van der Waals surface area contributed by atoms with Crippen LogP contribution in [0.15, 0.2) is 72.8 Å². The zero-order valence-corrected chi connectivity index (χ0v) is 12.0. The summed E-state index contributed by atoms with van der Waals surface area (Å²) in [4.78, 5) is 0. The van der Waals surface area contributed by atoms with Gasteiger partial charge in [-0.1, -0.05) is 78.4 Å². The molecule has 1 aliphatic carbocycles. The minimum Gasteiger partial charge on any atom is -0.0911 e. The average Bonchev–Trinajstić information content (AvgIpc) is 2.83. The van der Waals surface area contributed by atoms with Gasteiger partial charge in [0.25, 0.3) is 0 Å². The third-order valence-electron chi connectivity index (χ3n) is 3.74. The van der Waals surface area contributed by atoms with Crippen molar-refractivity contribution in [2.75, 3.05) is 0 Å². The van der Waals surface area contributed by atoms with Gasteiger partial charge < -0.3 is 0 Å². The number of hydrogen-bond donors (Lipinski definition) is 0. The number of rotatable bonds is 2. The van der Waals surface area contributed by atoms with Gasteiger partial charge in [0.1, 0.15) is 0 Å². The monoisotopic (exact) mass is 258 g/mol. The van der Waals surface area contributed by atoms with Crippen molar-refractivity contribution in [2.24, 2.45) is 0 Å². The molecule has 0 unspecified atom stereocenters. The normalized spacial score (nSPS) is 14.2. The Labute approximate surface area is 120 Å². The molecule has 3 rings (SSSR count). The lowest BCUT2D eigenvalue weighted by Gasteiger charge is -2.10. The lowest BCUT2D eigenvalue weighted by Crippen LogP contribution is -1.89. The highest BCUT2D eigenvalue weighted by atomic mass is 14.2. The molecule has 0 saturated carbocycles. The van der Waals surface area contributed by atoms with Crippen LogP contribution in [-0.4, -0.2) is 0 Å². The van der Waals surface area contributed by atoms with Gasteiger partial charge in [-0.05, 0) is 41.7 Å². The molecule has 0 amide bonds. The Morgan fingerprint density at radius 1 is 0.650 bits per heavy atom. The summed E-state index contributed by atoms with van der Waals surface area (Å²) in [6.07, 6.45) is 4.27. The summed E-state index contributed by atoms with van der Waals surface area (Å²) in [7, 11) is 0. The fraction of sp³-hybridized carbons (Fsp3) is 0.100. The maximum atomic E-state index is 4.18. The third kappa shape index (κ3) is 2.25. The molecular weight excluding hydrogens is 240 g/mol. The Kier molecular flexibility index (Phi) is 3.15. The van der Waals surface area contributed by atoms with Crippen LogP contribution in [0.4, 0.5) is 0 Å². The van der Waals surface area contributed by atoms with Crippen LogP contribution in [-0.2, 0) is 0 Å². The summed E-state index contributed by atoms with van der Waals surface area (Å²) in [5.41, 5.74) is 8.65. The van der Waals surface area contributed by atoms with E-state index in [0.29, 0.717) is 0 Å². The maximum Gasteiger partial charge on any atom is -0.00388 e. The van der Waals surface area contributed by atoms with Gasteiger partial charge >= 0.3 is 0 Å². The molecule has 0 aliphatic heterocycles. The number of benzene rings is 2. The summed E-state index contributed by atoms with van der Waals surface area (Å²) in [5.74, 6) is 0. The Morgan fingerprint density at radius 2 is 1.15 bits per heavy atom. The Morgan fingerprint density at radius 3 is 1.70 bits per heavy atom. The predicted molar refractivity (Wildman–Crippen MR) is 87.5 cm³/mol. The third-order valence-corrected chi connectivity index (χ3v) is 3.74. The SMILES string of the molecule is C=C1C=CC(c2ccc(C)cc2)=C1c1ccc(C)cc1. The van der Waals surface area contributed by atoms with Gasteiger partial charge in [-0.3, -0.25) is 0 Å². The molecule has 0 fully saturated rings. The second-order valence-corrected chi connectivity index (χ2v) is 5.38. The second-order valence-electron chi connectivity index (χ2n) is 5.38. The van der Waals surface area contributed by atoms with Gasteiger partial charge in [0.2, 0.25) is 0 Å². The predicted octanol–water partition coefficient (Wildman–Crippen LogP) is 5.34. The van der Waals surface area contributed by atoms with Crippen LogP contribution in [0.1, 0.15) is 22.3 Å². The van der Waals surface area contributed by atoms with Crippen LogP contribution >= 0.6 is 0 Å². The van der Waals surface area contributed by atoms with Crippen molar-refractivity contribution in [3.63, 3.8) is 0 Å². The molecule has 0 aromatic heterocycles. The van der Waals surface area contributed by atoms with E-state index in [1.165, 1.54) is 33.4 Å². The molecule has 98 valence electrons. The fourth-order valence-corrected chi connectivity index (χ4v) is 2.56. The average molecular weight is 258 g/mol. The molecule has 2 aromatic rings. The highest BCUT2D eigenvalue weighted by Crippen LogP contribution is 2.37. The molecule has 0 spiro atoms. The van der Waals surface area contributed by atoms with Crippen molar-refractivity contribution in [1.82, 2.24) is 0 Å². The minimum atomic E-state index is 1.09. The van der Waals surface area contributed by atoms with Crippen LogP contribution < -0.4 is 0 Å². The summed E-state index contributed by atoms with van der Waals surface area (Å²) < 4.78 is 0. The molecule has 1 aliphatic rings. The van der Waals surface area contributed by atoms with Gasteiger partial charge in [-0.2, -0.15) is 0 Å². The molecule has 0 bridgehead atoms. The van der Waals surface area contributed by atoms with E-state index in [4.69, 9.17) is 0 Å². The van der Waals surface area contributed by atoms with Crippen molar-refractivity contribution < 1.29 is 0 Å². The number of hydrogen-bond acceptors (Lipinski definition) is 0. The van der Waals surface area contributed by atoms with Gasteiger partial charge in [0.05, 0.1) is 0 Å². The van der Waals surface area contributed by atoms with E-state index in [-0.39, 0.29) is 0 Å². The summed E-state index contributed by atoms with van der Waals surface area (Å²) in [5, 5.41) is 0. The standard InChI is InChI=1S/C20H18/c1-14-4-9-17(10-5-14)19-13-8-16(3)20(19)18-11-6-15(2)7-12-18/h4-13H,3H2,1-2H3. The van der Waals surface area contributed by atoms with Gasteiger partial charge in [-0.15, -0.1) is 0 Å². The smallest absolute Gasteiger partial charge is 0.00388 e. The first kappa shape index (κ1) is 12.7. The first-order chi connectivity index (χ1) is 9.65. The number of allylic oxidation sites excluding steroid dienone is 5. The van der Waals surface area contributed by atoms with E-state index >= 15 is 0 Å². The van der Waals surface area contributed by atoms with Crippen LogP contribution in [0.5, 0.6) is 0 Å². The highest BCUT2D eigenvalue weighted by Gasteiger charge is 2.16. The topological polar surface area (TPSA) is 0 Å². The van der Waals surface area contributed by atoms with E-state index in [1.807, 2.05) is 0 Å². The zero-order valence-electron chi connectivity index (χ0n) is 12.0. The molecule has 2 aromatic carbocycles. The Balaban J connectivity index is 2.14. The molecule has 0 atom stereocenters. The molecule has 20 heavy (non-hydrogen) atoms. The van der Waals surface area contributed by atoms with Crippen molar-refractivity contribution >= 4 is 11.1 Å². The Hall–Kier alpha value is -2.34. The second kappa shape index (κ2) is 4.97. The fourth-order valence-electron chi connectivity index (χ4n) is 2.56. The summed E-state index contributed by atoms with van der Waals surface area (Å²) in [6.45, 7) is 8.41. The van der Waals surface area contributed by atoms with Crippen LogP contribution in [0.25, 0.3) is 11.1 Å². The zero-order chi connectivity index (χ0) is 14.1. The van der Waals surface area contributed by atoms with E-state index < -0.39 is 0 Å². The first-order valence-electron chi connectivity index (χ1n) is 6.91. The molecule has 0 heterocycles. The van der Waals surface area contributed by atoms with Gasteiger partial charge in [0, 0.05) is 0 Å². The van der Waals surface area contributed by atoms with Crippen molar-refractivity contribution in [2.45, 2.75) is 13.8 Å². The van der Waals surface area contributed by atoms with Crippen LogP contribution in [0, 0.1) is 13.8 Å². The van der Waals surface area contributed by atoms with Crippen molar-refractivity contribution in [3.05, 3.63) is 95.1 Å². The molecule has 0 heteroatoms. The van der Waals surface area contributed by atoms with Crippen LogP contribution in [0.2, 0.25) is 0 Å². The van der Waals surface area contributed by atoms with E-state index in [0.717, 1.165) is 5.57 Å². The molecular formula is C20H18. The van der Waals surface area contributed by atoms with Crippen molar-refractivity contribution in [1.29, 1.82) is 0 Å². The molecule has 0 nitrogen and oxygen atoms in total. The first-order valence-corrected chi connectivity index (χ1v) is 6.91. The Bertz CT molecular complexity index is 660. The highest BCUT2D eigenvalue weighted by molar-refractivity contribution is 6.06. The van der Waals surface area contributed by atoms with E-state index in [2.05, 4.69) is 81.1 Å². The molecule has 0 radical (unpaired) electrons. The van der Waals surface area contributed by atoms with Gasteiger partial charge in [0.15, 0.2) is 0 Å². The quantitative estimate of drug-likeness (QED) is 0.682. The van der Waals surface area contributed by atoms with E-state index in [1.54, 1.807) is 0 Å². The van der Waals surface area contributed by atoms with E-state index in [9.17, 15) is 0 Å². The minimum absolute atomic E-state index is 1.09. The van der Waals surface area contributed by atoms with Crippen LogP contribution in [0.3, 0.4) is 0 Å². The summed E-state index contributed by atoms with van der Waals surface area (Å²) >= 11 is 0.